The van der Waals surface area contributed by atoms with Gasteiger partial charge in [-0.2, -0.15) is 0 Å². The maximum atomic E-state index is 13.0. The molecular weight excluding hydrogens is 346 g/mol. The number of aromatic nitrogens is 2. The first-order valence-electron chi connectivity index (χ1n) is 9.83. The summed E-state index contributed by atoms with van der Waals surface area (Å²) in [6.07, 6.45) is 9.29. The summed E-state index contributed by atoms with van der Waals surface area (Å²) in [5.74, 6) is 1.03. The third kappa shape index (κ3) is 3.20. The van der Waals surface area contributed by atoms with Gasteiger partial charge in [0.2, 0.25) is 5.91 Å². The lowest BCUT2D eigenvalue weighted by atomic mass is 9.78. The molecule has 4 rings (SSSR count). The summed E-state index contributed by atoms with van der Waals surface area (Å²) >= 11 is 1.65. The second kappa shape index (κ2) is 7.14. The topological polar surface area (TPSA) is 64.0 Å². The number of nitrogens with zero attached hydrogens (tertiary/aromatic N) is 2. The van der Waals surface area contributed by atoms with E-state index >= 15 is 0 Å². The minimum Gasteiger partial charge on any atom is -0.352 e. The van der Waals surface area contributed by atoms with Crippen LogP contribution in [0.4, 0.5) is 0 Å². The molecule has 6 heteroatoms. The van der Waals surface area contributed by atoms with E-state index in [1.165, 1.54) is 27.8 Å². The Kier molecular flexibility index (Phi) is 4.86. The van der Waals surface area contributed by atoms with Crippen LogP contribution in [-0.2, 0) is 24.2 Å². The van der Waals surface area contributed by atoms with Crippen LogP contribution in [0.2, 0.25) is 0 Å². The van der Waals surface area contributed by atoms with E-state index in [-0.39, 0.29) is 24.1 Å². The molecule has 0 bridgehead atoms. The first-order valence-corrected chi connectivity index (χ1v) is 10.7. The largest absolute Gasteiger partial charge is 0.352 e. The number of fused-ring (bicyclic) bond motifs is 3. The van der Waals surface area contributed by atoms with Crippen LogP contribution >= 0.6 is 11.3 Å². The van der Waals surface area contributed by atoms with Crippen molar-refractivity contribution in [3.8, 4) is 0 Å². The monoisotopic (exact) mass is 373 g/mol. The molecule has 2 aliphatic carbocycles. The average molecular weight is 374 g/mol. The molecule has 2 aromatic rings. The van der Waals surface area contributed by atoms with Gasteiger partial charge in [-0.25, -0.2) is 4.98 Å². The van der Waals surface area contributed by atoms with E-state index in [4.69, 9.17) is 0 Å². The van der Waals surface area contributed by atoms with Gasteiger partial charge < -0.3 is 5.32 Å². The highest BCUT2D eigenvalue weighted by Crippen LogP contribution is 2.33. The van der Waals surface area contributed by atoms with Crippen molar-refractivity contribution < 1.29 is 4.79 Å². The number of carbonyl (C=O) groups is 1. The van der Waals surface area contributed by atoms with Gasteiger partial charge in [-0.15, -0.1) is 11.3 Å². The molecule has 2 aromatic heterocycles. The molecule has 2 heterocycles. The molecule has 1 fully saturated rings. The fourth-order valence-corrected chi connectivity index (χ4v) is 5.71. The molecule has 1 saturated carbocycles. The molecule has 140 valence electrons. The second-order valence-electron chi connectivity index (χ2n) is 8.01. The van der Waals surface area contributed by atoms with Crippen LogP contribution in [0, 0.1) is 11.8 Å². The molecule has 1 amide bonds. The fourth-order valence-electron chi connectivity index (χ4n) is 4.49. The lowest BCUT2D eigenvalue weighted by molar-refractivity contribution is -0.123. The number of amides is 1. The van der Waals surface area contributed by atoms with Crippen molar-refractivity contribution in [3.05, 3.63) is 27.1 Å². The zero-order chi connectivity index (χ0) is 18.3. The van der Waals surface area contributed by atoms with E-state index in [2.05, 4.69) is 24.1 Å². The molecule has 1 N–H and O–H groups in total. The van der Waals surface area contributed by atoms with E-state index in [1.54, 1.807) is 17.7 Å². The Balaban J connectivity index is 1.54. The van der Waals surface area contributed by atoms with Gasteiger partial charge in [0.1, 0.15) is 11.4 Å². The number of carbonyl (C=O) groups excluding carboxylic acids is 1. The first-order chi connectivity index (χ1) is 12.5. The van der Waals surface area contributed by atoms with E-state index in [9.17, 15) is 9.59 Å². The van der Waals surface area contributed by atoms with Gasteiger partial charge in [-0.1, -0.05) is 26.7 Å². The van der Waals surface area contributed by atoms with Crippen molar-refractivity contribution in [2.24, 2.45) is 11.8 Å². The fraction of sp³-hybridized carbons (Fsp3) is 0.650. The summed E-state index contributed by atoms with van der Waals surface area (Å²) in [5, 5.41) is 3.90. The normalized spacial score (nSPS) is 25.8. The van der Waals surface area contributed by atoms with Crippen molar-refractivity contribution in [1.29, 1.82) is 0 Å². The van der Waals surface area contributed by atoms with Gasteiger partial charge >= 0.3 is 0 Å². The van der Waals surface area contributed by atoms with Crippen LogP contribution in [0.1, 0.15) is 56.4 Å². The maximum Gasteiger partial charge on any atom is 0.262 e. The third-order valence-electron chi connectivity index (χ3n) is 6.31. The lowest BCUT2D eigenvalue weighted by Gasteiger charge is -2.34. The number of hydrogen-bond donors (Lipinski definition) is 1. The Morgan fingerprint density at radius 1 is 1.27 bits per heavy atom. The second-order valence-corrected chi connectivity index (χ2v) is 9.09. The Hall–Kier alpha value is -1.69. The summed E-state index contributed by atoms with van der Waals surface area (Å²) in [6, 6.07) is 0.215. The highest BCUT2D eigenvalue weighted by molar-refractivity contribution is 7.18. The average Bonchev–Trinajstić information content (AvgIpc) is 3.01. The summed E-state index contributed by atoms with van der Waals surface area (Å²) in [6.45, 7) is 4.53. The van der Waals surface area contributed by atoms with Gasteiger partial charge in [0.05, 0.1) is 11.7 Å². The standard InChI is InChI=1S/C20H27N3O2S/c1-12-6-5-8-15(13(12)2)22-17(24)10-23-11-21-19-18(20(23)25)14-7-3-4-9-16(14)26-19/h11-13,15H,3-10H2,1-2H3,(H,22,24)/t12-,13+,15+/m0/s1. The number of aryl methyl sites for hydroxylation is 2. The maximum absolute atomic E-state index is 13.0. The van der Waals surface area contributed by atoms with Crippen molar-refractivity contribution >= 4 is 27.5 Å². The molecular formula is C20H27N3O2S. The van der Waals surface area contributed by atoms with Gasteiger partial charge in [0.15, 0.2) is 0 Å². The number of thiophene rings is 1. The molecule has 0 aromatic carbocycles. The summed E-state index contributed by atoms with van der Waals surface area (Å²) in [7, 11) is 0. The molecule has 0 saturated heterocycles. The number of nitrogens with one attached hydrogen (secondary N) is 1. The van der Waals surface area contributed by atoms with Crippen LogP contribution in [0.5, 0.6) is 0 Å². The zero-order valence-electron chi connectivity index (χ0n) is 15.6. The quantitative estimate of drug-likeness (QED) is 0.898. The predicted octanol–water partition coefficient (Wildman–Crippen LogP) is 3.28. The molecule has 26 heavy (non-hydrogen) atoms. The van der Waals surface area contributed by atoms with Gasteiger partial charge in [-0.3, -0.25) is 14.2 Å². The molecule has 2 aliphatic rings. The summed E-state index contributed by atoms with van der Waals surface area (Å²) in [4.78, 5) is 32.1. The van der Waals surface area contributed by atoms with Gasteiger partial charge in [0, 0.05) is 10.9 Å². The Morgan fingerprint density at radius 2 is 2.08 bits per heavy atom. The van der Waals surface area contributed by atoms with E-state index in [0.717, 1.165) is 42.3 Å². The lowest BCUT2D eigenvalue weighted by Crippen LogP contribution is -2.45. The van der Waals surface area contributed by atoms with E-state index in [0.29, 0.717) is 11.8 Å². The molecule has 5 nitrogen and oxygen atoms in total. The third-order valence-corrected chi connectivity index (χ3v) is 7.51. The van der Waals surface area contributed by atoms with Crippen LogP contribution in [0.3, 0.4) is 0 Å². The molecule has 0 unspecified atom stereocenters. The number of hydrogen-bond acceptors (Lipinski definition) is 4. The summed E-state index contributed by atoms with van der Waals surface area (Å²) < 4.78 is 1.48. The molecule has 0 aliphatic heterocycles. The van der Waals surface area contributed by atoms with Crippen molar-refractivity contribution in [2.45, 2.75) is 71.4 Å². The van der Waals surface area contributed by atoms with Gasteiger partial charge in [-0.05, 0) is 49.5 Å². The molecule has 3 atom stereocenters. The highest BCUT2D eigenvalue weighted by atomic mass is 32.1. The Labute approximate surface area is 157 Å². The minimum atomic E-state index is -0.0803. The first kappa shape index (κ1) is 17.7. The van der Waals surface area contributed by atoms with E-state index in [1.807, 2.05) is 0 Å². The highest BCUT2D eigenvalue weighted by Gasteiger charge is 2.28. The van der Waals surface area contributed by atoms with Crippen molar-refractivity contribution in [3.63, 3.8) is 0 Å². The van der Waals surface area contributed by atoms with Gasteiger partial charge in [0.25, 0.3) is 5.56 Å². The van der Waals surface area contributed by atoms with Crippen molar-refractivity contribution in [2.75, 3.05) is 0 Å². The molecule has 0 spiro atoms. The minimum absolute atomic E-state index is 0.0595. The van der Waals surface area contributed by atoms with Crippen LogP contribution in [0.15, 0.2) is 11.1 Å². The predicted molar refractivity (Wildman–Crippen MR) is 105 cm³/mol. The van der Waals surface area contributed by atoms with E-state index < -0.39 is 0 Å². The summed E-state index contributed by atoms with van der Waals surface area (Å²) in [5.41, 5.74) is 1.12. The number of rotatable bonds is 3. The van der Waals surface area contributed by atoms with Crippen LogP contribution in [-0.4, -0.2) is 21.5 Å². The molecule has 0 radical (unpaired) electrons. The Bertz CT molecular complexity index is 885. The SMILES string of the molecule is C[C@@H]1[C@@H](C)CCC[C@H]1NC(=O)Cn1cnc2sc3c(c2c1=O)CCCC3. The van der Waals surface area contributed by atoms with Crippen LogP contribution < -0.4 is 10.9 Å². The Morgan fingerprint density at radius 3 is 2.92 bits per heavy atom. The van der Waals surface area contributed by atoms with Crippen molar-refractivity contribution in [1.82, 2.24) is 14.9 Å². The smallest absolute Gasteiger partial charge is 0.262 e. The zero-order valence-corrected chi connectivity index (χ0v) is 16.4. The van der Waals surface area contributed by atoms with Crippen LogP contribution in [0.25, 0.3) is 10.2 Å².